The molecule has 2 amide bonds. The number of rotatable bonds is 13. The quantitative estimate of drug-likeness (QED) is 0.131. The highest BCUT2D eigenvalue weighted by molar-refractivity contribution is 6.56. The van der Waals surface area contributed by atoms with Crippen molar-refractivity contribution in [1.29, 1.82) is 0 Å². The molecular formula is C41H37Cl3F2N4O5. The molecule has 2 aliphatic rings. The highest BCUT2D eigenvalue weighted by atomic mass is 35.5. The lowest BCUT2D eigenvalue weighted by Crippen LogP contribution is -2.32. The van der Waals surface area contributed by atoms with Crippen molar-refractivity contribution in [3.63, 3.8) is 0 Å². The first kappa shape index (κ1) is 41.1. The van der Waals surface area contributed by atoms with Crippen molar-refractivity contribution in [2.24, 2.45) is 7.05 Å². The summed E-state index contributed by atoms with van der Waals surface area (Å²) in [6, 6.07) is 18.0. The zero-order valence-electron chi connectivity index (χ0n) is 29.9. The van der Waals surface area contributed by atoms with Gasteiger partial charge in [0.25, 0.3) is 18.2 Å². The molecule has 286 valence electrons. The molecule has 6 rings (SSSR count). The minimum absolute atomic E-state index is 0.0248. The summed E-state index contributed by atoms with van der Waals surface area (Å²) in [4.78, 5) is 25.2. The number of hydrogen-bond acceptors (Lipinski definition) is 6. The molecule has 2 bridgehead atoms. The van der Waals surface area contributed by atoms with E-state index in [4.69, 9.17) is 61.9 Å². The summed E-state index contributed by atoms with van der Waals surface area (Å²) in [6.45, 7) is 0.600. The van der Waals surface area contributed by atoms with E-state index < -0.39 is 24.1 Å². The first-order valence-electron chi connectivity index (χ1n) is 17.1. The predicted molar refractivity (Wildman–Crippen MR) is 209 cm³/mol. The van der Waals surface area contributed by atoms with Crippen molar-refractivity contribution in [1.82, 2.24) is 15.1 Å². The van der Waals surface area contributed by atoms with Crippen LogP contribution in [0.15, 0.2) is 76.9 Å². The number of alkyl halides is 2. The fourth-order valence-electron chi connectivity index (χ4n) is 6.81. The molecule has 1 fully saturated rings. The molecule has 1 unspecified atom stereocenters. The van der Waals surface area contributed by atoms with Gasteiger partial charge in [-0.3, -0.25) is 14.3 Å². The highest BCUT2D eigenvalue weighted by Gasteiger charge is 2.44. The van der Waals surface area contributed by atoms with E-state index in [1.54, 1.807) is 43.5 Å². The van der Waals surface area contributed by atoms with Crippen LogP contribution < -0.4 is 20.1 Å². The fourth-order valence-corrected chi connectivity index (χ4v) is 7.46. The van der Waals surface area contributed by atoms with Crippen LogP contribution in [0.25, 0.3) is 0 Å². The molecule has 1 saturated carbocycles. The molecule has 0 radical (unpaired) electrons. The van der Waals surface area contributed by atoms with Crippen molar-refractivity contribution >= 4 is 52.3 Å². The monoisotopic (exact) mass is 808 g/mol. The number of aromatic nitrogens is 2. The number of anilines is 1. The number of halogens is 5. The second-order valence-electron chi connectivity index (χ2n) is 12.5. The normalized spacial score (nSPS) is 15.6. The minimum Gasteiger partial charge on any atom is -0.493 e. The van der Waals surface area contributed by atoms with Crippen molar-refractivity contribution in [2.75, 3.05) is 32.2 Å². The fraction of sp³-hybridized carbons (Fsp3) is 0.293. The Balaban J connectivity index is 0.000000212. The molecule has 3 atom stereocenters. The molecule has 0 spiro atoms. The van der Waals surface area contributed by atoms with Gasteiger partial charge in [0, 0.05) is 42.3 Å². The lowest BCUT2D eigenvalue weighted by Gasteiger charge is -2.18. The number of amides is 2. The van der Waals surface area contributed by atoms with Crippen molar-refractivity contribution in [3.8, 4) is 36.2 Å². The summed E-state index contributed by atoms with van der Waals surface area (Å²) >= 11 is 18.1. The van der Waals surface area contributed by atoms with Crippen molar-refractivity contribution < 1.29 is 32.6 Å². The molecule has 55 heavy (non-hydrogen) atoms. The number of aryl methyl sites for hydroxylation is 1. The average molecular weight is 810 g/mol. The first-order chi connectivity index (χ1) is 26.5. The van der Waals surface area contributed by atoms with E-state index in [1.165, 1.54) is 17.9 Å². The van der Waals surface area contributed by atoms with Crippen LogP contribution >= 0.6 is 34.8 Å². The zero-order valence-corrected chi connectivity index (χ0v) is 32.2. The molecule has 3 aromatic carbocycles. The Bertz CT molecular complexity index is 2140. The third-order valence-corrected chi connectivity index (χ3v) is 9.82. The largest absolute Gasteiger partial charge is 0.493 e. The lowest BCUT2D eigenvalue weighted by atomic mass is 9.90. The Labute approximate surface area is 333 Å². The number of carbonyl (C=O) groups excluding carboxylic acids is 2. The molecule has 0 aliphatic heterocycles. The second-order valence-corrected chi connectivity index (χ2v) is 13.9. The van der Waals surface area contributed by atoms with Gasteiger partial charge >= 0.3 is 0 Å². The Morgan fingerprint density at radius 3 is 2.42 bits per heavy atom. The number of carbonyl (C=O) groups is 2. The number of nitrogens with one attached hydrogen (secondary N) is 2. The van der Waals surface area contributed by atoms with Gasteiger partial charge < -0.3 is 24.8 Å². The summed E-state index contributed by atoms with van der Waals surface area (Å²) in [6.07, 6.45) is 10.6. The van der Waals surface area contributed by atoms with Crippen LogP contribution in [0.4, 0.5) is 14.5 Å². The van der Waals surface area contributed by atoms with Gasteiger partial charge in [0.2, 0.25) is 0 Å². The van der Waals surface area contributed by atoms with Gasteiger partial charge in [0.1, 0.15) is 23.4 Å². The van der Waals surface area contributed by atoms with Crippen molar-refractivity contribution in [3.05, 3.63) is 115 Å². The topological polar surface area (TPSA) is 104 Å². The van der Waals surface area contributed by atoms with Crippen LogP contribution in [-0.2, 0) is 23.0 Å². The van der Waals surface area contributed by atoms with Crippen LogP contribution in [0.1, 0.15) is 75.5 Å². The van der Waals surface area contributed by atoms with Gasteiger partial charge in [-0.05, 0) is 77.4 Å². The molecule has 1 aromatic heterocycles. The maximum absolute atomic E-state index is 13.1. The van der Waals surface area contributed by atoms with E-state index in [9.17, 15) is 18.4 Å². The van der Waals surface area contributed by atoms with Crippen molar-refractivity contribution in [2.45, 2.75) is 43.6 Å². The Hall–Kier alpha value is -5.04. The van der Waals surface area contributed by atoms with Gasteiger partial charge in [-0.25, -0.2) is 8.78 Å². The van der Waals surface area contributed by atoms with Gasteiger partial charge in [-0.1, -0.05) is 77.0 Å². The van der Waals surface area contributed by atoms with Crippen LogP contribution in [0.5, 0.6) is 11.5 Å². The average Bonchev–Trinajstić information content (AvgIpc) is 3.88. The number of benzene rings is 3. The number of ether oxygens (including phenoxy) is 3. The van der Waals surface area contributed by atoms with Crippen LogP contribution in [0, 0.1) is 24.7 Å². The molecular weight excluding hydrogens is 773 g/mol. The Morgan fingerprint density at radius 2 is 1.75 bits per heavy atom. The summed E-state index contributed by atoms with van der Waals surface area (Å²) in [5.41, 5.74) is 4.66. The standard InChI is InChI=1S/C23H22ClNO4.C18H15Cl2F2N3O/c1-4-14-28-20-11-6-17(16-21(20)27-3)12-13-25-23(26)22(29-15-5-2)18-7-9-19(24)10-8-18;1-25-7-11(15(24-25)17(21)22)18(26)23-12-4-2-3-8-9-5-6-10(13(8)12)14(9)16(19)20/h1-2,6-11,16,22H,12-15H2,3H3,(H,25,26);2-4,7,9-10,17H,5-6H2,1H3,(H,23,26)/t;9-,10+/m.0/s1. The van der Waals surface area contributed by atoms with Gasteiger partial charge in [0.15, 0.2) is 17.6 Å². The highest BCUT2D eigenvalue weighted by Crippen LogP contribution is 2.60. The number of fused-ring (bicyclic) bond motifs is 5. The number of methoxy groups -OCH3 is 1. The lowest BCUT2D eigenvalue weighted by molar-refractivity contribution is -0.132. The smallest absolute Gasteiger partial charge is 0.282 e. The number of nitrogens with zero attached hydrogens (tertiary/aromatic N) is 2. The van der Waals surface area contributed by atoms with E-state index in [0.717, 1.165) is 35.1 Å². The molecule has 1 heterocycles. The van der Waals surface area contributed by atoms with Gasteiger partial charge in [-0.2, -0.15) is 5.10 Å². The Morgan fingerprint density at radius 1 is 1.02 bits per heavy atom. The maximum atomic E-state index is 13.1. The Kier molecular flexibility index (Phi) is 14.2. The third kappa shape index (κ3) is 9.80. The van der Waals surface area contributed by atoms with E-state index >= 15 is 0 Å². The predicted octanol–water partition coefficient (Wildman–Crippen LogP) is 8.68. The third-order valence-electron chi connectivity index (χ3n) is 9.13. The van der Waals surface area contributed by atoms with E-state index in [0.29, 0.717) is 40.7 Å². The maximum Gasteiger partial charge on any atom is 0.282 e. The van der Waals surface area contributed by atoms with Crippen LogP contribution in [0.2, 0.25) is 5.02 Å². The first-order valence-corrected chi connectivity index (χ1v) is 18.2. The molecule has 0 saturated heterocycles. The molecule has 4 aromatic rings. The number of terminal acetylenes is 2. The van der Waals surface area contributed by atoms with E-state index in [-0.39, 0.29) is 41.0 Å². The second kappa shape index (κ2) is 19.0. The summed E-state index contributed by atoms with van der Waals surface area (Å²) in [5.74, 6) is 5.29. The summed E-state index contributed by atoms with van der Waals surface area (Å²) < 4.78 is 44.0. The van der Waals surface area contributed by atoms with Crippen LogP contribution in [-0.4, -0.2) is 48.5 Å². The molecule has 2 aliphatic carbocycles. The minimum atomic E-state index is -2.82. The van der Waals surface area contributed by atoms with Gasteiger partial charge in [-0.15, -0.1) is 12.8 Å². The van der Waals surface area contributed by atoms with E-state index in [2.05, 4.69) is 27.6 Å². The molecule has 2 N–H and O–H groups in total. The number of allylic oxidation sites excluding steroid dienone is 1. The summed E-state index contributed by atoms with van der Waals surface area (Å²) in [7, 11) is 3.06. The molecule has 14 heteroatoms. The summed E-state index contributed by atoms with van der Waals surface area (Å²) in [5, 5.41) is 9.91. The van der Waals surface area contributed by atoms with Crippen LogP contribution in [0.3, 0.4) is 0 Å². The van der Waals surface area contributed by atoms with Gasteiger partial charge in [0.05, 0.1) is 12.7 Å². The molecule has 9 nitrogen and oxygen atoms in total. The number of hydrogen-bond donors (Lipinski definition) is 2. The van der Waals surface area contributed by atoms with E-state index in [1.807, 2.05) is 24.3 Å². The SMILES string of the molecule is C#CCOc1ccc(CCNC(=O)C(OCC#C)c2ccc(Cl)cc2)cc1OC.Cn1cc(C(=O)Nc2cccc3c2[C@H]2CC[C@@H]3C2=C(Cl)Cl)c(C(F)F)n1. The zero-order chi connectivity index (χ0) is 39.6.